The van der Waals surface area contributed by atoms with Crippen molar-refractivity contribution in [1.29, 1.82) is 0 Å². The van der Waals surface area contributed by atoms with Gasteiger partial charge in [-0.25, -0.2) is 8.42 Å². The monoisotopic (exact) mass is 264 g/mol. The van der Waals surface area contributed by atoms with Crippen molar-refractivity contribution < 1.29 is 13.2 Å². The Bertz CT molecular complexity index is 341. The molecule has 0 aromatic rings. The van der Waals surface area contributed by atoms with Crippen LogP contribution in [0.2, 0.25) is 0 Å². The minimum atomic E-state index is -3.06. The summed E-state index contributed by atoms with van der Waals surface area (Å²) >= 11 is 0. The second-order valence-electron chi connectivity index (χ2n) is 4.71. The Morgan fingerprint density at radius 3 is 2.29 bits per heavy atom. The molecule has 0 aliphatic heterocycles. The van der Waals surface area contributed by atoms with E-state index in [0.29, 0.717) is 5.92 Å². The predicted octanol–water partition coefficient (Wildman–Crippen LogP) is 0.299. The van der Waals surface area contributed by atoms with E-state index in [1.807, 2.05) is 13.8 Å². The molecule has 0 bridgehead atoms. The maximum atomic E-state index is 11.7. The summed E-state index contributed by atoms with van der Waals surface area (Å²) < 4.78 is 21.9. The predicted molar refractivity (Wildman–Crippen MR) is 69.4 cm³/mol. The zero-order chi connectivity index (χ0) is 13.6. The van der Waals surface area contributed by atoms with Crippen molar-refractivity contribution >= 4 is 15.7 Å². The molecule has 0 radical (unpaired) electrons. The first-order valence-electron chi connectivity index (χ1n) is 5.91. The van der Waals surface area contributed by atoms with Crippen LogP contribution in [0, 0.1) is 5.92 Å². The molecule has 0 aromatic heterocycles. The van der Waals surface area contributed by atoms with E-state index < -0.39 is 15.9 Å². The van der Waals surface area contributed by atoms with Crippen molar-refractivity contribution in [3.63, 3.8) is 0 Å². The Morgan fingerprint density at radius 1 is 1.35 bits per heavy atom. The molecule has 6 heteroatoms. The van der Waals surface area contributed by atoms with Crippen molar-refractivity contribution in [2.75, 3.05) is 12.0 Å². The van der Waals surface area contributed by atoms with Crippen LogP contribution < -0.4 is 11.1 Å². The van der Waals surface area contributed by atoms with Gasteiger partial charge < -0.3 is 11.1 Å². The summed E-state index contributed by atoms with van der Waals surface area (Å²) in [7, 11) is -3.06. The lowest BCUT2D eigenvalue weighted by atomic mass is 10.0. The number of amides is 1. The highest BCUT2D eigenvalue weighted by Crippen LogP contribution is 2.07. The van der Waals surface area contributed by atoms with Crippen molar-refractivity contribution in [3.8, 4) is 0 Å². The highest BCUT2D eigenvalue weighted by atomic mass is 32.2. The topological polar surface area (TPSA) is 89.3 Å². The molecule has 0 heterocycles. The summed E-state index contributed by atoms with van der Waals surface area (Å²) in [4.78, 5) is 11.7. The average molecular weight is 264 g/mol. The fourth-order valence-corrected chi connectivity index (χ4v) is 1.98. The van der Waals surface area contributed by atoms with E-state index in [0.717, 1.165) is 12.7 Å². The highest BCUT2D eigenvalue weighted by Gasteiger charge is 2.19. The number of nitrogens with one attached hydrogen (secondary N) is 1. The van der Waals surface area contributed by atoms with Crippen molar-refractivity contribution in [1.82, 2.24) is 5.32 Å². The zero-order valence-corrected chi connectivity index (χ0v) is 11.9. The number of hydrogen-bond acceptors (Lipinski definition) is 4. The number of carbonyl (C=O) groups excluding carboxylic acids is 1. The number of hydrogen-bond donors (Lipinski definition) is 2. The smallest absolute Gasteiger partial charge is 0.237 e. The number of carbonyl (C=O) groups is 1. The molecule has 0 spiro atoms. The van der Waals surface area contributed by atoms with Crippen LogP contribution in [0.1, 0.15) is 33.6 Å². The normalized spacial score (nSPS) is 17.2. The summed E-state index contributed by atoms with van der Waals surface area (Å²) in [6, 6.07) is -0.701. The summed E-state index contributed by atoms with van der Waals surface area (Å²) in [6.07, 6.45) is 2.28. The van der Waals surface area contributed by atoms with E-state index in [1.165, 1.54) is 0 Å². The Kier molecular flexibility index (Phi) is 6.70. The van der Waals surface area contributed by atoms with Crippen LogP contribution in [-0.2, 0) is 14.6 Å². The largest absolute Gasteiger partial charge is 0.352 e. The minimum absolute atomic E-state index is 0.0526. The molecule has 0 aromatic carbocycles. The molecule has 3 N–H and O–H groups in total. The number of sulfone groups is 1. The van der Waals surface area contributed by atoms with E-state index in [9.17, 15) is 13.2 Å². The van der Waals surface area contributed by atoms with Crippen LogP contribution >= 0.6 is 0 Å². The van der Waals surface area contributed by atoms with Crippen LogP contribution in [0.15, 0.2) is 0 Å². The second-order valence-corrected chi connectivity index (χ2v) is 6.97. The number of rotatable bonds is 7. The lowest BCUT2D eigenvalue weighted by Crippen LogP contribution is -2.46. The van der Waals surface area contributed by atoms with E-state index in [4.69, 9.17) is 5.73 Å². The van der Waals surface area contributed by atoms with Crippen LogP contribution in [-0.4, -0.2) is 38.4 Å². The van der Waals surface area contributed by atoms with Gasteiger partial charge in [-0.15, -0.1) is 0 Å². The molecule has 5 nitrogen and oxygen atoms in total. The fourth-order valence-electron chi connectivity index (χ4n) is 1.30. The number of nitrogens with two attached hydrogens (primary N) is 1. The molecule has 0 fully saturated rings. The van der Waals surface area contributed by atoms with Crippen LogP contribution in [0.5, 0.6) is 0 Å². The summed E-state index contributed by atoms with van der Waals surface area (Å²) in [5.41, 5.74) is 5.64. The Morgan fingerprint density at radius 2 is 1.88 bits per heavy atom. The van der Waals surface area contributed by atoms with Crippen molar-refractivity contribution in [2.24, 2.45) is 11.7 Å². The van der Waals surface area contributed by atoms with Crippen molar-refractivity contribution in [3.05, 3.63) is 0 Å². The Hall–Kier alpha value is -0.620. The van der Waals surface area contributed by atoms with Gasteiger partial charge in [0.2, 0.25) is 5.91 Å². The summed E-state index contributed by atoms with van der Waals surface area (Å²) in [5.74, 6) is 0.0433. The molecule has 102 valence electrons. The minimum Gasteiger partial charge on any atom is -0.352 e. The molecule has 0 saturated heterocycles. The Labute approximate surface area is 104 Å². The Balaban J connectivity index is 4.14. The molecule has 3 unspecified atom stereocenters. The third kappa shape index (κ3) is 7.33. The van der Waals surface area contributed by atoms with Gasteiger partial charge in [-0.1, -0.05) is 20.3 Å². The van der Waals surface area contributed by atoms with E-state index in [2.05, 4.69) is 12.2 Å². The first kappa shape index (κ1) is 16.4. The first-order chi connectivity index (χ1) is 7.67. The lowest BCUT2D eigenvalue weighted by Gasteiger charge is -2.22. The van der Waals surface area contributed by atoms with Gasteiger partial charge in [-0.05, 0) is 19.3 Å². The van der Waals surface area contributed by atoms with Crippen molar-refractivity contribution in [2.45, 2.75) is 45.7 Å². The van der Waals surface area contributed by atoms with Gasteiger partial charge in [0.25, 0.3) is 0 Å². The third-order valence-corrected chi connectivity index (χ3v) is 3.98. The van der Waals surface area contributed by atoms with Gasteiger partial charge in [-0.2, -0.15) is 0 Å². The van der Waals surface area contributed by atoms with Gasteiger partial charge in [0.15, 0.2) is 0 Å². The fraction of sp³-hybridized carbons (Fsp3) is 0.909. The summed E-state index contributed by atoms with van der Waals surface area (Å²) in [6.45, 7) is 6.03. The quantitative estimate of drug-likeness (QED) is 0.692. The van der Waals surface area contributed by atoms with E-state index >= 15 is 0 Å². The molecule has 0 aliphatic carbocycles. The van der Waals surface area contributed by atoms with Crippen LogP contribution in [0.3, 0.4) is 0 Å². The second kappa shape index (κ2) is 6.96. The standard InChI is InChI=1S/C11H24N2O3S/c1-5-8(2)9(3)13-11(14)10(12)6-7-17(4,15)16/h8-10H,5-7,12H2,1-4H3,(H,13,14). The molecule has 0 saturated carbocycles. The average Bonchev–Trinajstić information content (AvgIpc) is 2.23. The maximum Gasteiger partial charge on any atom is 0.237 e. The van der Waals surface area contributed by atoms with Crippen LogP contribution in [0.25, 0.3) is 0 Å². The molecule has 0 rings (SSSR count). The van der Waals surface area contributed by atoms with Gasteiger partial charge in [0.05, 0.1) is 11.8 Å². The van der Waals surface area contributed by atoms with Gasteiger partial charge in [-0.3, -0.25) is 4.79 Å². The molecule has 3 atom stereocenters. The molecule has 1 amide bonds. The van der Waals surface area contributed by atoms with E-state index in [-0.39, 0.29) is 24.1 Å². The molecule has 17 heavy (non-hydrogen) atoms. The molecule has 0 aliphatic rings. The van der Waals surface area contributed by atoms with Crippen LogP contribution in [0.4, 0.5) is 0 Å². The van der Waals surface area contributed by atoms with E-state index in [1.54, 1.807) is 0 Å². The van der Waals surface area contributed by atoms with Gasteiger partial charge >= 0.3 is 0 Å². The van der Waals surface area contributed by atoms with Gasteiger partial charge in [0.1, 0.15) is 9.84 Å². The van der Waals surface area contributed by atoms with Gasteiger partial charge in [0, 0.05) is 12.3 Å². The SMILES string of the molecule is CCC(C)C(C)NC(=O)C(N)CCS(C)(=O)=O. The summed E-state index contributed by atoms with van der Waals surface area (Å²) in [5, 5.41) is 2.81. The highest BCUT2D eigenvalue weighted by molar-refractivity contribution is 7.90. The maximum absolute atomic E-state index is 11.7. The molecular weight excluding hydrogens is 240 g/mol. The zero-order valence-electron chi connectivity index (χ0n) is 11.1. The third-order valence-electron chi connectivity index (χ3n) is 3.00. The lowest BCUT2D eigenvalue weighted by molar-refractivity contribution is -0.123. The molecular formula is C11H24N2O3S. The first-order valence-corrected chi connectivity index (χ1v) is 7.97.